The van der Waals surface area contributed by atoms with Gasteiger partial charge in [0, 0.05) is 34.2 Å². The molecule has 1 aromatic carbocycles. The van der Waals surface area contributed by atoms with E-state index in [1.165, 1.54) is 0 Å². The van der Waals surface area contributed by atoms with E-state index >= 15 is 0 Å². The van der Waals surface area contributed by atoms with Gasteiger partial charge in [-0.25, -0.2) is 0 Å². The topological polar surface area (TPSA) is 55.5 Å². The van der Waals surface area contributed by atoms with Gasteiger partial charge in [0.05, 0.1) is 12.7 Å². The van der Waals surface area contributed by atoms with Crippen LogP contribution in [0.15, 0.2) is 18.2 Å². The van der Waals surface area contributed by atoms with Crippen LogP contribution in [0.5, 0.6) is 0 Å². The number of aliphatic hydroxyl groups is 1. The van der Waals surface area contributed by atoms with Crippen LogP contribution in [0.2, 0.25) is 10.0 Å². The van der Waals surface area contributed by atoms with E-state index in [4.69, 9.17) is 33.7 Å². The molecule has 2 atom stereocenters. The summed E-state index contributed by atoms with van der Waals surface area (Å²) in [6, 6.07) is 5.06. The normalized spacial score (nSPS) is 26.1. The molecule has 1 aliphatic rings. The SMILES string of the molecule is NCC1(C(O)c2cc(Cl)ccc2Cl)CCOC1. The Labute approximate surface area is 110 Å². The van der Waals surface area contributed by atoms with Gasteiger partial charge in [0.15, 0.2) is 0 Å². The summed E-state index contributed by atoms with van der Waals surface area (Å²) in [5, 5.41) is 11.5. The molecule has 0 aliphatic carbocycles. The highest BCUT2D eigenvalue weighted by Gasteiger charge is 2.42. The van der Waals surface area contributed by atoms with Crippen molar-refractivity contribution in [2.45, 2.75) is 12.5 Å². The molecule has 94 valence electrons. The number of aliphatic hydroxyl groups excluding tert-OH is 1. The van der Waals surface area contributed by atoms with E-state index in [0.29, 0.717) is 35.4 Å². The third-order valence-corrected chi connectivity index (χ3v) is 3.95. The minimum Gasteiger partial charge on any atom is -0.388 e. The molecule has 5 heteroatoms. The Balaban J connectivity index is 2.35. The minimum atomic E-state index is -0.749. The van der Waals surface area contributed by atoms with Gasteiger partial charge < -0.3 is 15.6 Å². The minimum absolute atomic E-state index is 0.358. The van der Waals surface area contributed by atoms with Gasteiger partial charge in [-0.15, -0.1) is 0 Å². The number of nitrogens with two attached hydrogens (primary N) is 1. The van der Waals surface area contributed by atoms with E-state index in [2.05, 4.69) is 0 Å². The van der Waals surface area contributed by atoms with Gasteiger partial charge in [-0.3, -0.25) is 0 Å². The summed E-state index contributed by atoms with van der Waals surface area (Å²) < 4.78 is 5.35. The molecule has 1 aromatic rings. The second-order valence-corrected chi connectivity index (χ2v) is 5.28. The van der Waals surface area contributed by atoms with Crippen molar-refractivity contribution in [1.82, 2.24) is 0 Å². The standard InChI is InChI=1S/C12H15Cl2NO2/c13-8-1-2-10(14)9(5-8)11(16)12(6-15)3-4-17-7-12/h1-2,5,11,16H,3-4,6-7,15H2. The van der Waals surface area contributed by atoms with Gasteiger partial charge in [-0.05, 0) is 24.6 Å². The molecule has 17 heavy (non-hydrogen) atoms. The maximum atomic E-state index is 10.5. The smallest absolute Gasteiger partial charge is 0.0896 e. The molecule has 0 aromatic heterocycles. The monoisotopic (exact) mass is 275 g/mol. The van der Waals surface area contributed by atoms with Crippen molar-refractivity contribution in [3.8, 4) is 0 Å². The van der Waals surface area contributed by atoms with Crippen molar-refractivity contribution in [2.24, 2.45) is 11.1 Å². The molecule has 1 aliphatic heterocycles. The van der Waals surface area contributed by atoms with Gasteiger partial charge in [0.1, 0.15) is 0 Å². The van der Waals surface area contributed by atoms with Gasteiger partial charge in [-0.2, -0.15) is 0 Å². The van der Waals surface area contributed by atoms with Crippen molar-refractivity contribution >= 4 is 23.2 Å². The van der Waals surface area contributed by atoms with E-state index < -0.39 is 11.5 Å². The molecule has 2 unspecified atom stereocenters. The third kappa shape index (κ3) is 2.44. The zero-order chi connectivity index (χ0) is 12.5. The van der Waals surface area contributed by atoms with E-state index in [-0.39, 0.29) is 0 Å². The molecule has 1 heterocycles. The fourth-order valence-corrected chi connectivity index (χ4v) is 2.57. The predicted octanol–water partition coefficient (Wildman–Crippen LogP) is 2.39. The average molecular weight is 276 g/mol. The van der Waals surface area contributed by atoms with Crippen LogP contribution in [0, 0.1) is 5.41 Å². The Hall–Kier alpha value is -0.320. The highest BCUT2D eigenvalue weighted by molar-refractivity contribution is 6.33. The Kier molecular flexibility index (Phi) is 3.95. The number of hydrogen-bond acceptors (Lipinski definition) is 3. The van der Waals surface area contributed by atoms with E-state index in [0.717, 1.165) is 6.42 Å². The zero-order valence-corrected chi connectivity index (χ0v) is 10.8. The summed E-state index contributed by atoms with van der Waals surface area (Å²) in [4.78, 5) is 0. The Morgan fingerprint density at radius 2 is 2.24 bits per heavy atom. The van der Waals surface area contributed by atoms with Gasteiger partial charge in [-0.1, -0.05) is 23.2 Å². The Bertz CT molecular complexity index is 405. The summed E-state index contributed by atoms with van der Waals surface area (Å²) in [6.45, 7) is 1.43. The first-order valence-electron chi connectivity index (χ1n) is 5.50. The van der Waals surface area contributed by atoms with Crippen molar-refractivity contribution in [2.75, 3.05) is 19.8 Å². The fourth-order valence-electron chi connectivity index (χ4n) is 2.17. The molecule has 3 N–H and O–H groups in total. The Morgan fingerprint density at radius 3 is 2.82 bits per heavy atom. The van der Waals surface area contributed by atoms with E-state index in [9.17, 15) is 5.11 Å². The molecule has 0 bridgehead atoms. The van der Waals surface area contributed by atoms with Crippen LogP contribution < -0.4 is 5.73 Å². The lowest BCUT2D eigenvalue weighted by Crippen LogP contribution is -2.37. The molecule has 3 nitrogen and oxygen atoms in total. The van der Waals surface area contributed by atoms with Crippen molar-refractivity contribution in [3.05, 3.63) is 33.8 Å². The van der Waals surface area contributed by atoms with Crippen molar-refractivity contribution < 1.29 is 9.84 Å². The molecular weight excluding hydrogens is 261 g/mol. The van der Waals surface area contributed by atoms with Crippen LogP contribution in [0.25, 0.3) is 0 Å². The molecule has 0 spiro atoms. The number of ether oxygens (including phenoxy) is 1. The zero-order valence-electron chi connectivity index (χ0n) is 9.33. The number of hydrogen-bond donors (Lipinski definition) is 2. The summed E-state index contributed by atoms with van der Waals surface area (Å²) >= 11 is 12.0. The van der Waals surface area contributed by atoms with Crippen LogP contribution in [-0.2, 0) is 4.74 Å². The van der Waals surface area contributed by atoms with Crippen LogP contribution in [0.1, 0.15) is 18.1 Å². The van der Waals surface area contributed by atoms with E-state index in [1.807, 2.05) is 0 Å². The summed E-state index contributed by atoms with van der Waals surface area (Å²) in [7, 11) is 0. The first-order valence-corrected chi connectivity index (χ1v) is 6.25. The fraction of sp³-hybridized carbons (Fsp3) is 0.500. The maximum absolute atomic E-state index is 10.5. The first kappa shape index (κ1) is 13.1. The molecular formula is C12H15Cl2NO2. The average Bonchev–Trinajstić information content (AvgIpc) is 2.81. The first-order chi connectivity index (χ1) is 8.09. The molecule has 0 radical (unpaired) electrons. The highest BCUT2D eigenvalue weighted by atomic mass is 35.5. The van der Waals surface area contributed by atoms with Crippen molar-refractivity contribution in [3.63, 3.8) is 0 Å². The predicted molar refractivity (Wildman–Crippen MR) is 68.3 cm³/mol. The Morgan fingerprint density at radius 1 is 1.47 bits per heavy atom. The second-order valence-electron chi connectivity index (χ2n) is 4.44. The molecule has 2 rings (SSSR count). The summed E-state index contributed by atoms with van der Waals surface area (Å²) in [6.07, 6.45) is -0.0192. The van der Waals surface area contributed by atoms with E-state index in [1.54, 1.807) is 18.2 Å². The molecule has 0 saturated carbocycles. The molecule has 0 amide bonds. The van der Waals surface area contributed by atoms with Gasteiger partial charge in [0.2, 0.25) is 0 Å². The maximum Gasteiger partial charge on any atom is 0.0896 e. The van der Waals surface area contributed by atoms with Gasteiger partial charge in [0.25, 0.3) is 0 Å². The number of halogens is 2. The largest absolute Gasteiger partial charge is 0.388 e. The number of benzene rings is 1. The lowest BCUT2D eigenvalue weighted by molar-refractivity contribution is 0.0191. The van der Waals surface area contributed by atoms with Crippen LogP contribution >= 0.6 is 23.2 Å². The lowest BCUT2D eigenvalue weighted by atomic mass is 9.78. The van der Waals surface area contributed by atoms with Crippen LogP contribution in [-0.4, -0.2) is 24.9 Å². The van der Waals surface area contributed by atoms with Crippen LogP contribution in [0.4, 0.5) is 0 Å². The third-order valence-electron chi connectivity index (χ3n) is 3.37. The number of rotatable bonds is 3. The summed E-state index contributed by atoms with van der Waals surface area (Å²) in [5.74, 6) is 0. The van der Waals surface area contributed by atoms with Crippen molar-refractivity contribution in [1.29, 1.82) is 0 Å². The van der Waals surface area contributed by atoms with Gasteiger partial charge >= 0.3 is 0 Å². The molecule has 1 fully saturated rings. The second kappa shape index (κ2) is 5.12. The van der Waals surface area contributed by atoms with Crippen LogP contribution in [0.3, 0.4) is 0 Å². The summed E-state index contributed by atoms with van der Waals surface area (Å²) in [5.41, 5.74) is 5.95. The lowest BCUT2D eigenvalue weighted by Gasteiger charge is -2.32. The highest BCUT2D eigenvalue weighted by Crippen LogP contribution is 2.42. The molecule has 1 saturated heterocycles. The quantitative estimate of drug-likeness (QED) is 0.891.